The van der Waals surface area contributed by atoms with Crippen LogP contribution >= 0.6 is 0 Å². The lowest BCUT2D eigenvalue weighted by atomic mass is 10.0. The van der Waals surface area contributed by atoms with Gasteiger partial charge in [0.25, 0.3) is 0 Å². The molecule has 11 nitrogen and oxygen atoms in total. The lowest BCUT2D eigenvalue weighted by Gasteiger charge is -2.22. The van der Waals surface area contributed by atoms with Gasteiger partial charge in [0.2, 0.25) is 5.91 Å². The Kier molecular flexibility index (Phi) is 10.0. The molecule has 1 fully saturated rings. The highest BCUT2D eigenvalue weighted by atomic mass is 19.4. The normalized spacial score (nSPS) is 15.1. The summed E-state index contributed by atoms with van der Waals surface area (Å²) in [6, 6.07) is 9.93. The van der Waals surface area contributed by atoms with Crippen LogP contribution in [-0.4, -0.2) is 66.3 Å². The Morgan fingerprint density at radius 3 is 2.56 bits per heavy atom. The van der Waals surface area contributed by atoms with Crippen molar-refractivity contribution in [3.8, 4) is 11.3 Å². The number of benzene rings is 2. The first-order valence-electron chi connectivity index (χ1n) is 13.5. The molecule has 1 aliphatic rings. The molecule has 0 spiro atoms. The molecule has 1 aromatic heterocycles. The van der Waals surface area contributed by atoms with E-state index in [1.54, 1.807) is 35.1 Å². The van der Waals surface area contributed by atoms with Crippen molar-refractivity contribution in [2.75, 3.05) is 42.8 Å². The zero-order valence-electron chi connectivity index (χ0n) is 23.6. The number of ketones is 1. The summed E-state index contributed by atoms with van der Waals surface area (Å²) in [5.41, 5.74) is -0.519. The molecule has 1 atom stereocenters. The fourth-order valence-electron chi connectivity index (χ4n) is 4.67. The van der Waals surface area contributed by atoms with Gasteiger partial charge in [-0.3, -0.25) is 19.6 Å². The predicted molar refractivity (Wildman–Crippen MR) is 152 cm³/mol. The molecule has 1 aliphatic heterocycles. The standard InChI is InChI=1S/C29H32F3N5O6/c1-36(2)24-16-22(35-28(40)41)21(15-20(24)29(30,31)32)34-26(39)17-25(38)19-7-5-6-18(14-19)23-9-10-33-37(23)11-13-43-27-8-3-4-12-42-27/h5-7,9-10,14-16,27,35H,3-4,8,11-13,17H2,1-2H3,(H,34,39)(H,40,41). The van der Waals surface area contributed by atoms with Gasteiger partial charge in [-0.05, 0) is 43.5 Å². The minimum atomic E-state index is -4.79. The molecule has 2 heterocycles. The van der Waals surface area contributed by atoms with Gasteiger partial charge in [-0.15, -0.1) is 0 Å². The Morgan fingerprint density at radius 2 is 1.88 bits per heavy atom. The molecule has 2 aromatic carbocycles. The molecule has 0 bridgehead atoms. The van der Waals surface area contributed by atoms with Crippen LogP contribution in [0.2, 0.25) is 0 Å². The molecular weight excluding hydrogens is 571 g/mol. The van der Waals surface area contributed by atoms with Gasteiger partial charge in [-0.2, -0.15) is 18.3 Å². The van der Waals surface area contributed by atoms with Crippen molar-refractivity contribution in [3.05, 3.63) is 59.8 Å². The third kappa shape index (κ3) is 8.32. The monoisotopic (exact) mass is 603 g/mol. The van der Waals surface area contributed by atoms with Gasteiger partial charge in [0, 0.05) is 38.0 Å². The van der Waals surface area contributed by atoms with Crippen molar-refractivity contribution in [3.63, 3.8) is 0 Å². The molecule has 3 N–H and O–H groups in total. The van der Waals surface area contributed by atoms with Gasteiger partial charge >= 0.3 is 12.3 Å². The second-order valence-corrected chi connectivity index (χ2v) is 10.1. The highest BCUT2D eigenvalue weighted by Gasteiger charge is 2.35. The fraction of sp³-hybridized carbons (Fsp3) is 0.379. The summed E-state index contributed by atoms with van der Waals surface area (Å²) in [6.07, 6.45) is -2.73. The summed E-state index contributed by atoms with van der Waals surface area (Å²) in [6.45, 7) is 1.50. The van der Waals surface area contributed by atoms with Crippen molar-refractivity contribution >= 4 is 34.8 Å². The lowest BCUT2D eigenvalue weighted by Crippen LogP contribution is -2.24. The molecule has 43 heavy (non-hydrogen) atoms. The van der Waals surface area contributed by atoms with Crippen LogP contribution in [0.15, 0.2) is 48.7 Å². The second kappa shape index (κ2) is 13.7. The van der Waals surface area contributed by atoms with Crippen LogP contribution in [0.25, 0.3) is 11.3 Å². The third-order valence-electron chi connectivity index (χ3n) is 6.70. The van der Waals surface area contributed by atoms with E-state index in [9.17, 15) is 32.7 Å². The molecule has 3 aromatic rings. The van der Waals surface area contributed by atoms with E-state index < -0.39 is 41.6 Å². The van der Waals surface area contributed by atoms with Crippen LogP contribution in [0, 0.1) is 0 Å². The number of aromatic nitrogens is 2. The van der Waals surface area contributed by atoms with E-state index in [-0.39, 0.29) is 23.2 Å². The van der Waals surface area contributed by atoms with Crippen LogP contribution in [0.5, 0.6) is 0 Å². The van der Waals surface area contributed by atoms with Gasteiger partial charge < -0.3 is 24.8 Å². The second-order valence-electron chi connectivity index (χ2n) is 10.1. The number of carbonyl (C=O) groups is 3. The first kappa shape index (κ1) is 31.5. The van der Waals surface area contributed by atoms with Gasteiger partial charge in [-0.1, -0.05) is 18.2 Å². The van der Waals surface area contributed by atoms with Gasteiger partial charge in [0.1, 0.15) is 0 Å². The van der Waals surface area contributed by atoms with Crippen LogP contribution in [0.1, 0.15) is 41.6 Å². The van der Waals surface area contributed by atoms with Crippen molar-refractivity contribution in [1.29, 1.82) is 0 Å². The van der Waals surface area contributed by atoms with Crippen molar-refractivity contribution in [2.45, 2.75) is 44.7 Å². The zero-order valence-corrected chi connectivity index (χ0v) is 23.6. The number of nitrogens with one attached hydrogen (secondary N) is 2. The van der Waals surface area contributed by atoms with Crippen LogP contribution in [-0.2, 0) is 27.0 Å². The maximum atomic E-state index is 13.7. The number of carbonyl (C=O) groups excluding carboxylic acids is 2. The van der Waals surface area contributed by atoms with E-state index >= 15 is 0 Å². The van der Waals surface area contributed by atoms with E-state index in [0.717, 1.165) is 31.0 Å². The average Bonchev–Trinajstić information content (AvgIpc) is 3.42. The Labute approximate surface area is 245 Å². The summed E-state index contributed by atoms with van der Waals surface area (Å²) < 4.78 is 54.3. The number of nitrogens with zero attached hydrogens (tertiary/aromatic N) is 3. The maximum Gasteiger partial charge on any atom is 0.418 e. The number of rotatable bonds is 11. The number of halogens is 3. The molecule has 0 radical (unpaired) electrons. The first-order valence-corrected chi connectivity index (χ1v) is 13.5. The summed E-state index contributed by atoms with van der Waals surface area (Å²) in [5.74, 6) is -1.50. The molecular formula is C29H32F3N5O6. The summed E-state index contributed by atoms with van der Waals surface area (Å²) >= 11 is 0. The van der Waals surface area contributed by atoms with Gasteiger partial charge in [-0.25, -0.2) is 4.79 Å². The van der Waals surface area contributed by atoms with E-state index in [1.165, 1.54) is 25.1 Å². The molecule has 1 saturated heterocycles. The Hall–Kier alpha value is -4.43. The largest absolute Gasteiger partial charge is 0.465 e. The van der Waals surface area contributed by atoms with Crippen LogP contribution < -0.4 is 15.5 Å². The molecule has 2 amide bonds. The van der Waals surface area contributed by atoms with E-state index in [0.29, 0.717) is 31.4 Å². The molecule has 4 rings (SSSR count). The zero-order chi connectivity index (χ0) is 31.1. The number of anilines is 3. The summed E-state index contributed by atoms with van der Waals surface area (Å²) in [4.78, 5) is 38.3. The Morgan fingerprint density at radius 1 is 1.12 bits per heavy atom. The number of alkyl halides is 3. The summed E-state index contributed by atoms with van der Waals surface area (Å²) in [7, 11) is 2.74. The fourth-order valence-corrected chi connectivity index (χ4v) is 4.67. The minimum absolute atomic E-state index is 0.204. The number of amides is 2. The first-order chi connectivity index (χ1) is 20.4. The van der Waals surface area contributed by atoms with Crippen molar-refractivity contribution in [2.24, 2.45) is 0 Å². The van der Waals surface area contributed by atoms with Crippen LogP contribution in [0.4, 0.5) is 35.0 Å². The predicted octanol–water partition coefficient (Wildman–Crippen LogP) is 5.48. The lowest BCUT2D eigenvalue weighted by molar-refractivity contribution is -0.163. The number of hydrogen-bond acceptors (Lipinski definition) is 7. The van der Waals surface area contributed by atoms with Gasteiger partial charge in [0.05, 0.1) is 47.9 Å². The van der Waals surface area contributed by atoms with E-state index in [4.69, 9.17) is 9.47 Å². The Balaban J connectivity index is 1.47. The number of Topliss-reactive ketones (excluding diaryl/α,β-unsaturated/α-hetero) is 1. The smallest absolute Gasteiger partial charge is 0.418 e. The topological polar surface area (TPSA) is 135 Å². The highest BCUT2D eigenvalue weighted by Crippen LogP contribution is 2.41. The highest BCUT2D eigenvalue weighted by molar-refractivity contribution is 6.12. The molecule has 0 aliphatic carbocycles. The maximum absolute atomic E-state index is 13.7. The van der Waals surface area contributed by atoms with Crippen LogP contribution in [0.3, 0.4) is 0 Å². The third-order valence-corrected chi connectivity index (χ3v) is 6.70. The molecule has 230 valence electrons. The van der Waals surface area contributed by atoms with Crippen molar-refractivity contribution in [1.82, 2.24) is 9.78 Å². The van der Waals surface area contributed by atoms with E-state index in [1.807, 2.05) is 5.32 Å². The van der Waals surface area contributed by atoms with Crippen molar-refractivity contribution < 1.29 is 42.1 Å². The molecule has 1 unspecified atom stereocenters. The number of hydrogen-bond donors (Lipinski definition) is 3. The molecule has 14 heteroatoms. The quantitative estimate of drug-likeness (QED) is 0.194. The number of ether oxygens (including phenoxy) is 2. The Bertz CT molecular complexity index is 1470. The SMILES string of the molecule is CN(C)c1cc(NC(=O)O)c(NC(=O)CC(=O)c2cccc(-c3ccnn3CCOC3CCCCO3)c2)cc1C(F)(F)F. The minimum Gasteiger partial charge on any atom is -0.465 e. The average molecular weight is 604 g/mol. The van der Waals surface area contributed by atoms with Gasteiger partial charge in [0.15, 0.2) is 12.1 Å². The van der Waals surface area contributed by atoms with E-state index in [2.05, 4.69) is 10.4 Å². The summed E-state index contributed by atoms with van der Waals surface area (Å²) in [5, 5.41) is 17.8. The molecule has 0 saturated carbocycles. The number of carboxylic acid groups (broad SMARTS) is 1.